The summed E-state index contributed by atoms with van der Waals surface area (Å²) in [5.74, 6) is -0.480. The van der Waals surface area contributed by atoms with E-state index >= 15 is 0 Å². The van der Waals surface area contributed by atoms with Gasteiger partial charge in [-0.25, -0.2) is 4.79 Å². The van der Waals surface area contributed by atoms with Crippen LogP contribution in [0.5, 0.6) is 5.75 Å². The predicted molar refractivity (Wildman–Crippen MR) is 123 cm³/mol. The minimum absolute atomic E-state index is 0.0395. The van der Waals surface area contributed by atoms with E-state index in [9.17, 15) is 10.1 Å². The Morgan fingerprint density at radius 1 is 1.00 bits per heavy atom. The van der Waals surface area contributed by atoms with Crippen molar-refractivity contribution in [3.63, 3.8) is 0 Å². The topological polar surface area (TPSA) is 115 Å². The van der Waals surface area contributed by atoms with Gasteiger partial charge in [-0.1, -0.05) is 48.5 Å². The lowest BCUT2D eigenvalue weighted by molar-refractivity contribution is 0.388. The number of fused-ring (bicyclic) bond motifs is 3. The molecule has 0 fully saturated rings. The maximum absolute atomic E-state index is 13.0. The third-order valence-electron chi connectivity index (χ3n) is 5.79. The smallest absolute Gasteiger partial charge is 0.344 e. The van der Waals surface area contributed by atoms with E-state index in [1.165, 1.54) is 0 Å². The summed E-state index contributed by atoms with van der Waals surface area (Å²) in [6.45, 7) is 2.05. The molecule has 32 heavy (non-hydrogen) atoms. The van der Waals surface area contributed by atoms with Crippen LogP contribution in [0.1, 0.15) is 22.6 Å². The van der Waals surface area contributed by atoms with E-state index < -0.39 is 11.5 Å². The van der Waals surface area contributed by atoms with Crippen LogP contribution in [0.25, 0.3) is 22.1 Å². The molecular formula is C26H19N3O3. The first-order valence-electron chi connectivity index (χ1n) is 10.1. The van der Waals surface area contributed by atoms with Crippen molar-refractivity contribution in [2.24, 2.45) is 5.73 Å². The van der Waals surface area contributed by atoms with E-state index in [0.29, 0.717) is 16.7 Å². The summed E-state index contributed by atoms with van der Waals surface area (Å²) >= 11 is 0. The SMILES string of the molecule is Cc1ccccc1-c1ccc(C2C(C#N)=C(N)Oc3c2c(=O)oc2ccc(N)cc32)cc1. The highest BCUT2D eigenvalue weighted by molar-refractivity contribution is 5.88. The average molecular weight is 421 g/mol. The molecule has 0 saturated carbocycles. The summed E-state index contributed by atoms with van der Waals surface area (Å²) in [7, 11) is 0. The van der Waals surface area contributed by atoms with Gasteiger partial charge in [-0.3, -0.25) is 0 Å². The quantitative estimate of drug-likeness (QED) is 0.362. The molecule has 0 aliphatic carbocycles. The second-order valence-corrected chi connectivity index (χ2v) is 7.75. The molecule has 5 rings (SSSR count). The number of aryl methyl sites for hydroxylation is 1. The van der Waals surface area contributed by atoms with Crippen LogP contribution < -0.4 is 21.8 Å². The number of ether oxygens (including phenoxy) is 1. The molecule has 6 heteroatoms. The van der Waals surface area contributed by atoms with Crippen molar-refractivity contribution in [1.82, 2.24) is 0 Å². The van der Waals surface area contributed by atoms with Gasteiger partial charge in [0.2, 0.25) is 5.88 Å². The maximum Gasteiger partial charge on any atom is 0.344 e. The first-order chi connectivity index (χ1) is 15.5. The lowest BCUT2D eigenvalue weighted by Crippen LogP contribution is -2.26. The zero-order chi connectivity index (χ0) is 22.4. The summed E-state index contributed by atoms with van der Waals surface area (Å²) < 4.78 is 11.3. The summed E-state index contributed by atoms with van der Waals surface area (Å²) in [6.07, 6.45) is 0. The summed E-state index contributed by atoms with van der Waals surface area (Å²) in [5, 5.41) is 10.3. The second-order valence-electron chi connectivity index (χ2n) is 7.75. The molecule has 1 atom stereocenters. The number of rotatable bonds is 2. The van der Waals surface area contributed by atoms with Crippen LogP contribution in [0.2, 0.25) is 0 Å². The number of anilines is 1. The number of hydrogen-bond acceptors (Lipinski definition) is 6. The fourth-order valence-corrected chi connectivity index (χ4v) is 4.22. The number of nitrogen functional groups attached to an aromatic ring is 1. The molecule has 0 amide bonds. The number of benzene rings is 3. The Hall–Kier alpha value is -4.50. The van der Waals surface area contributed by atoms with Crippen LogP contribution >= 0.6 is 0 Å². The van der Waals surface area contributed by atoms with E-state index in [2.05, 4.69) is 25.1 Å². The maximum atomic E-state index is 13.0. The van der Waals surface area contributed by atoms with E-state index in [1.54, 1.807) is 18.2 Å². The average Bonchev–Trinajstić information content (AvgIpc) is 2.79. The molecule has 0 spiro atoms. The molecule has 3 aromatic carbocycles. The summed E-state index contributed by atoms with van der Waals surface area (Å²) in [6, 6.07) is 22.9. The van der Waals surface area contributed by atoms with Crippen molar-refractivity contribution in [3.8, 4) is 22.9 Å². The van der Waals surface area contributed by atoms with Crippen molar-refractivity contribution in [2.75, 3.05) is 5.73 Å². The third-order valence-corrected chi connectivity index (χ3v) is 5.79. The van der Waals surface area contributed by atoms with Crippen LogP contribution in [0, 0.1) is 18.3 Å². The van der Waals surface area contributed by atoms with Crippen LogP contribution in [-0.2, 0) is 0 Å². The monoisotopic (exact) mass is 421 g/mol. The van der Waals surface area contributed by atoms with Crippen LogP contribution in [0.3, 0.4) is 0 Å². The fraction of sp³-hybridized carbons (Fsp3) is 0.0769. The highest BCUT2D eigenvalue weighted by Gasteiger charge is 2.35. The minimum atomic E-state index is -0.711. The molecule has 1 aliphatic rings. The fourth-order valence-electron chi connectivity index (χ4n) is 4.22. The van der Waals surface area contributed by atoms with E-state index in [-0.39, 0.29) is 22.8 Å². The van der Waals surface area contributed by atoms with Gasteiger partial charge in [-0.2, -0.15) is 5.26 Å². The van der Waals surface area contributed by atoms with Gasteiger partial charge in [0.05, 0.1) is 16.9 Å². The molecule has 6 nitrogen and oxygen atoms in total. The van der Waals surface area contributed by atoms with Gasteiger partial charge in [0.1, 0.15) is 17.2 Å². The molecule has 1 aliphatic heterocycles. The second kappa shape index (κ2) is 7.33. The zero-order valence-electron chi connectivity index (χ0n) is 17.3. The van der Waals surface area contributed by atoms with Crippen LogP contribution in [0.15, 0.2) is 87.4 Å². The number of hydrogen-bond donors (Lipinski definition) is 2. The molecule has 0 saturated heterocycles. The van der Waals surface area contributed by atoms with Gasteiger partial charge in [0.25, 0.3) is 0 Å². The molecule has 4 aromatic rings. The highest BCUT2D eigenvalue weighted by Crippen LogP contribution is 2.44. The molecule has 2 heterocycles. The Balaban J connectivity index is 1.72. The Kier molecular flexibility index (Phi) is 4.46. The molecule has 1 aromatic heterocycles. The molecule has 4 N–H and O–H groups in total. The summed E-state index contributed by atoms with van der Waals surface area (Å²) in [4.78, 5) is 13.0. The largest absolute Gasteiger partial charge is 0.439 e. The van der Waals surface area contributed by atoms with Crippen molar-refractivity contribution in [3.05, 3.63) is 105 Å². The molecule has 0 radical (unpaired) electrons. The standard InChI is InChI=1S/C26H19N3O3/c1-14-4-2-3-5-18(14)15-6-8-16(9-7-15)22-20(13-27)25(29)32-24-19-12-17(28)10-11-21(19)31-26(30)23(22)24/h2-12,22H,28-29H2,1H3. The van der Waals surface area contributed by atoms with Gasteiger partial charge in [0.15, 0.2) is 5.75 Å². The Labute approximate surface area is 184 Å². The molecule has 0 bridgehead atoms. The number of nitrogens with two attached hydrogens (primary N) is 2. The molecular weight excluding hydrogens is 402 g/mol. The van der Waals surface area contributed by atoms with Crippen LogP contribution in [0.4, 0.5) is 5.69 Å². The minimum Gasteiger partial charge on any atom is -0.439 e. The van der Waals surface area contributed by atoms with Crippen molar-refractivity contribution < 1.29 is 9.15 Å². The molecule has 1 unspecified atom stereocenters. The van der Waals surface area contributed by atoms with Crippen LogP contribution in [-0.4, -0.2) is 0 Å². The first-order valence-corrected chi connectivity index (χ1v) is 10.1. The first kappa shape index (κ1) is 19.5. The lowest BCUT2D eigenvalue weighted by Gasteiger charge is -2.26. The van der Waals surface area contributed by atoms with Gasteiger partial charge < -0.3 is 20.6 Å². The Morgan fingerprint density at radius 2 is 1.75 bits per heavy atom. The van der Waals surface area contributed by atoms with Crippen molar-refractivity contribution in [2.45, 2.75) is 12.8 Å². The summed E-state index contributed by atoms with van der Waals surface area (Å²) in [5.41, 5.74) is 16.8. The Morgan fingerprint density at radius 3 is 2.47 bits per heavy atom. The van der Waals surface area contributed by atoms with Gasteiger partial charge in [0, 0.05) is 5.69 Å². The van der Waals surface area contributed by atoms with Gasteiger partial charge in [-0.05, 0) is 47.4 Å². The number of allylic oxidation sites excluding steroid dienone is 1. The predicted octanol–water partition coefficient (Wildman–Crippen LogP) is 4.57. The zero-order valence-corrected chi connectivity index (χ0v) is 17.3. The lowest BCUT2D eigenvalue weighted by atomic mass is 9.83. The van der Waals surface area contributed by atoms with E-state index in [4.69, 9.17) is 20.6 Å². The number of nitriles is 1. The number of nitrogens with zero attached hydrogens (tertiary/aromatic N) is 1. The van der Waals surface area contributed by atoms with E-state index in [0.717, 1.165) is 22.3 Å². The molecule has 156 valence electrons. The van der Waals surface area contributed by atoms with Gasteiger partial charge in [-0.15, -0.1) is 0 Å². The van der Waals surface area contributed by atoms with Gasteiger partial charge >= 0.3 is 5.63 Å². The van der Waals surface area contributed by atoms with E-state index in [1.807, 2.05) is 36.4 Å². The van der Waals surface area contributed by atoms with Crippen molar-refractivity contribution in [1.29, 1.82) is 5.26 Å². The Bertz CT molecular complexity index is 1510. The van der Waals surface area contributed by atoms with Crippen molar-refractivity contribution >= 4 is 16.7 Å². The highest BCUT2D eigenvalue weighted by atomic mass is 16.5. The third kappa shape index (κ3) is 2.99. The normalized spacial score (nSPS) is 15.2.